The van der Waals surface area contributed by atoms with Gasteiger partial charge in [-0.1, -0.05) is 0 Å². The van der Waals surface area contributed by atoms with Crippen LogP contribution in [0.25, 0.3) is 0 Å². The minimum atomic E-state index is -1.06. The lowest BCUT2D eigenvalue weighted by molar-refractivity contribution is -0.183. The van der Waals surface area contributed by atoms with Gasteiger partial charge in [0, 0.05) is 0 Å². The second kappa shape index (κ2) is 10.1. The fourth-order valence-electron chi connectivity index (χ4n) is 4.21. The van der Waals surface area contributed by atoms with Crippen molar-refractivity contribution in [3.63, 3.8) is 0 Å². The molecular weight excluding hydrogens is 452 g/mol. The zero-order chi connectivity index (χ0) is 25.5. The summed E-state index contributed by atoms with van der Waals surface area (Å²) < 4.78 is 43.7. The van der Waals surface area contributed by atoms with Crippen molar-refractivity contribution in [2.45, 2.75) is 121 Å². The average Bonchev–Trinajstić information content (AvgIpc) is 3.46. The molecule has 0 aromatic heterocycles. The maximum absolute atomic E-state index is 10.1. The largest absolute Gasteiger partial charge is 0.388 e. The van der Waals surface area contributed by atoms with E-state index in [2.05, 4.69) is 0 Å². The van der Waals surface area contributed by atoms with E-state index in [0.29, 0.717) is 13.2 Å². The van der Waals surface area contributed by atoms with Crippen LogP contribution in [0.2, 0.25) is 0 Å². The van der Waals surface area contributed by atoms with E-state index in [4.69, 9.17) is 37.9 Å². The first kappa shape index (κ1) is 28.1. The average molecular weight is 495 g/mol. The summed E-state index contributed by atoms with van der Waals surface area (Å²) in [4.78, 5) is 0. The van der Waals surface area contributed by atoms with Gasteiger partial charge in [-0.3, -0.25) is 0 Å². The molecule has 0 radical (unpaired) electrons. The van der Waals surface area contributed by atoms with Crippen LogP contribution in [-0.4, -0.2) is 108 Å². The molecule has 4 aliphatic rings. The summed E-state index contributed by atoms with van der Waals surface area (Å²) >= 11 is 0. The molecule has 0 aromatic carbocycles. The van der Waals surface area contributed by atoms with Gasteiger partial charge in [0.1, 0.15) is 42.7 Å². The minimum absolute atomic E-state index is 0.252. The van der Waals surface area contributed by atoms with Crippen molar-refractivity contribution < 1.29 is 53.2 Å². The normalized spacial score (nSPS) is 38.2. The van der Waals surface area contributed by atoms with E-state index in [-0.39, 0.29) is 25.4 Å². The minimum Gasteiger partial charge on any atom is -0.388 e. The van der Waals surface area contributed by atoms with Crippen molar-refractivity contribution in [1.82, 2.24) is 0 Å². The first-order valence-electron chi connectivity index (χ1n) is 11.8. The molecule has 34 heavy (non-hydrogen) atoms. The predicted octanol–water partition coefficient (Wildman–Crippen LogP) is 0.662. The maximum Gasteiger partial charge on any atom is 0.163 e. The molecule has 11 nitrogen and oxygen atoms in total. The van der Waals surface area contributed by atoms with Crippen molar-refractivity contribution in [3.05, 3.63) is 0 Å². The standard InChI is InChI=1S/C12H22O6.C11H20O5/c1-11(2)15-5-7(17-11)9(13)10(14)8-6-16-12(3,4)18-8;1-10(2)13-5-7(15-10)9(12)8-6-14-11(3,4)16-8/h7-10,13-14H,5-6H2,1-4H3;7-9,12H,5-6H2,1-4H3. The first-order chi connectivity index (χ1) is 15.5. The molecule has 6 unspecified atom stereocenters. The smallest absolute Gasteiger partial charge is 0.163 e. The van der Waals surface area contributed by atoms with Gasteiger partial charge in [0.2, 0.25) is 0 Å². The summed E-state index contributed by atoms with van der Waals surface area (Å²) in [5, 5.41) is 30.3. The Bertz CT molecular complexity index is 624. The van der Waals surface area contributed by atoms with Crippen LogP contribution in [0.4, 0.5) is 0 Å². The first-order valence-corrected chi connectivity index (χ1v) is 11.8. The molecule has 3 N–H and O–H groups in total. The van der Waals surface area contributed by atoms with Crippen molar-refractivity contribution in [2.24, 2.45) is 0 Å². The van der Waals surface area contributed by atoms with Crippen molar-refractivity contribution in [2.75, 3.05) is 26.4 Å². The zero-order valence-electron chi connectivity index (χ0n) is 21.5. The van der Waals surface area contributed by atoms with Gasteiger partial charge in [-0.15, -0.1) is 0 Å². The van der Waals surface area contributed by atoms with Gasteiger partial charge in [0.25, 0.3) is 0 Å². The summed E-state index contributed by atoms with van der Waals surface area (Å²) in [6, 6.07) is 0. The highest BCUT2D eigenvalue weighted by Crippen LogP contribution is 2.31. The van der Waals surface area contributed by atoms with Gasteiger partial charge in [-0.25, -0.2) is 0 Å². The second-order valence-corrected chi connectivity index (χ2v) is 10.9. The van der Waals surface area contributed by atoms with Crippen LogP contribution in [0.5, 0.6) is 0 Å². The van der Waals surface area contributed by atoms with Crippen molar-refractivity contribution >= 4 is 0 Å². The Labute approximate surface area is 201 Å². The third-order valence-corrected chi connectivity index (χ3v) is 6.00. The van der Waals surface area contributed by atoms with Crippen molar-refractivity contribution in [1.29, 1.82) is 0 Å². The quantitative estimate of drug-likeness (QED) is 0.497. The monoisotopic (exact) mass is 494 g/mol. The molecule has 11 heteroatoms. The molecule has 4 heterocycles. The number of aliphatic hydroxyl groups is 3. The summed E-state index contributed by atoms with van der Waals surface area (Å²) in [5.41, 5.74) is 0. The lowest BCUT2D eigenvalue weighted by Crippen LogP contribution is -2.47. The fraction of sp³-hybridized carbons (Fsp3) is 1.00. The zero-order valence-corrected chi connectivity index (χ0v) is 21.5. The Morgan fingerprint density at radius 1 is 0.471 bits per heavy atom. The number of rotatable bonds is 5. The molecule has 0 spiro atoms. The van der Waals surface area contributed by atoms with E-state index in [1.54, 1.807) is 27.7 Å². The molecule has 4 saturated heterocycles. The number of hydrogen-bond donors (Lipinski definition) is 3. The van der Waals surface area contributed by atoms with Crippen LogP contribution in [0, 0.1) is 0 Å². The number of aliphatic hydroxyl groups excluding tert-OH is 3. The highest BCUT2D eigenvalue weighted by Gasteiger charge is 2.46. The van der Waals surface area contributed by atoms with Crippen LogP contribution in [0.15, 0.2) is 0 Å². The van der Waals surface area contributed by atoms with E-state index in [1.807, 2.05) is 27.7 Å². The van der Waals surface area contributed by atoms with E-state index in [9.17, 15) is 15.3 Å². The van der Waals surface area contributed by atoms with Gasteiger partial charge in [-0.2, -0.15) is 0 Å². The topological polar surface area (TPSA) is 135 Å². The summed E-state index contributed by atoms with van der Waals surface area (Å²) in [6.07, 6.45) is -4.65. The third-order valence-electron chi connectivity index (χ3n) is 6.00. The van der Waals surface area contributed by atoms with E-state index in [1.165, 1.54) is 0 Å². The fourth-order valence-corrected chi connectivity index (χ4v) is 4.21. The van der Waals surface area contributed by atoms with Gasteiger partial charge in [-0.05, 0) is 55.4 Å². The van der Waals surface area contributed by atoms with Crippen molar-refractivity contribution in [3.8, 4) is 0 Å². The van der Waals surface area contributed by atoms with E-state index >= 15 is 0 Å². The molecular formula is C23H42O11. The molecule has 0 bridgehead atoms. The molecule has 6 atom stereocenters. The summed E-state index contributed by atoms with van der Waals surface area (Å²) in [7, 11) is 0. The predicted molar refractivity (Wildman–Crippen MR) is 118 cm³/mol. The SMILES string of the molecule is CC1(C)OCC(C(O)C(O)C2COC(C)(C)O2)O1.CC1(C)OCC(C(O)C2COC(C)(C)O2)O1. The Morgan fingerprint density at radius 2 is 0.706 bits per heavy atom. The maximum atomic E-state index is 10.1. The van der Waals surface area contributed by atoms with Crippen LogP contribution in [-0.2, 0) is 37.9 Å². The summed E-state index contributed by atoms with van der Waals surface area (Å²) in [5.74, 6) is -2.70. The molecule has 4 aliphatic heterocycles. The Morgan fingerprint density at radius 3 is 0.912 bits per heavy atom. The number of hydrogen-bond acceptors (Lipinski definition) is 11. The van der Waals surface area contributed by atoms with Crippen LogP contribution in [0.3, 0.4) is 0 Å². The van der Waals surface area contributed by atoms with E-state index in [0.717, 1.165) is 0 Å². The lowest BCUT2D eigenvalue weighted by atomic mass is 10.0. The van der Waals surface area contributed by atoms with Crippen LogP contribution < -0.4 is 0 Å². The summed E-state index contributed by atoms with van der Waals surface area (Å²) in [6.45, 7) is 15.7. The van der Waals surface area contributed by atoms with Crippen LogP contribution >= 0.6 is 0 Å². The van der Waals surface area contributed by atoms with Gasteiger partial charge in [0.05, 0.1) is 26.4 Å². The molecule has 200 valence electrons. The lowest BCUT2D eigenvalue weighted by Gasteiger charge is -2.27. The third kappa shape index (κ3) is 7.30. The Kier molecular flexibility index (Phi) is 8.39. The highest BCUT2D eigenvalue weighted by molar-refractivity contribution is 4.89. The van der Waals surface area contributed by atoms with E-state index < -0.39 is 53.7 Å². The molecule has 4 rings (SSSR count). The molecule has 0 amide bonds. The number of ether oxygens (including phenoxy) is 8. The molecule has 0 saturated carbocycles. The Hall–Kier alpha value is -0.440. The van der Waals surface area contributed by atoms with Gasteiger partial charge < -0.3 is 53.2 Å². The Balaban J connectivity index is 0.000000192. The van der Waals surface area contributed by atoms with Gasteiger partial charge in [0.15, 0.2) is 23.1 Å². The highest BCUT2D eigenvalue weighted by atomic mass is 16.8. The van der Waals surface area contributed by atoms with Gasteiger partial charge >= 0.3 is 0 Å². The van der Waals surface area contributed by atoms with Crippen LogP contribution in [0.1, 0.15) is 55.4 Å². The second-order valence-electron chi connectivity index (χ2n) is 10.9. The molecule has 0 aliphatic carbocycles. The molecule has 0 aromatic rings. The molecule has 4 fully saturated rings.